The average Bonchev–Trinajstić information content (AvgIpc) is 3.34. The number of nitrogens with one attached hydrogen (secondary N) is 2. The van der Waals surface area contributed by atoms with Gasteiger partial charge in [-0.25, -0.2) is 0 Å². The van der Waals surface area contributed by atoms with Gasteiger partial charge in [0.15, 0.2) is 12.4 Å². The van der Waals surface area contributed by atoms with Gasteiger partial charge in [-0.1, -0.05) is 34.5 Å². The van der Waals surface area contributed by atoms with Gasteiger partial charge in [0.25, 0.3) is 5.91 Å². The van der Waals surface area contributed by atoms with E-state index < -0.39 is 5.91 Å². The Morgan fingerprint density at radius 1 is 1.21 bits per heavy atom. The molecule has 0 radical (unpaired) electrons. The summed E-state index contributed by atoms with van der Waals surface area (Å²) in [4.78, 5) is 27.8. The highest BCUT2D eigenvalue weighted by atomic mass is 35.5. The molecular formula is C18H19ClN6O4. The summed E-state index contributed by atoms with van der Waals surface area (Å²) in [5, 5.41) is 13.4. The third-order valence-corrected chi connectivity index (χ3v) is 3.89. The number of carbonyl (C=O) groups excluding carboxylic acids is 2. The van der Waals surface area contributed by atoms with Crippen molar-refractivity contribution in [2.24, 2.45) is 0 Å². The molecule has 2 heterocycles. The van der Waals surface area contributed by atoms with Crippen molar-refractivity contribution < 1.29 is 18.8 Å². The van der Waals surface area contributed by atoms with Crippen LogP contribution in [0.25, 0.3) is 0 Å². The maximum absolute atomic E-state index is 12.0. The first-order chi connectivity index (χ1) is 14.0. The molecule has 3 aromatic rings. The Bertz CT molecular complexity index is 969. The van der Waals surface area contributed by atoms with Gasteiger partial charge < -0.3 is 19.9 Å². The molecule has 2 amide bonds. The van der Waals surface area contributed by atoms with E-state index >= 15 is 0 Å². The molecule has 1 aromatic carbocycles. The molecule has 29 heavy (non-hydrogen) atoms. The smallest absolute Gasteiger partial charge is 0.316 e. The molecule has 10 nitrogen and oxygen atoms in total. The highest BCUT2D eigenvalue weighted by Gasteiger charge is 2.15. The predicted molar refractivity (Wildman–Crippen MR) is 103 cm³/mol. The van der Waals surface area contributed by atoms with Crippen molar-refractivity contribution in [3.05, 3.63) is 59.0 Å². The summed E-state index contributed by atoms with van der Waals surface area (Å²) >= 11 is 5.78. The zero-order valence-electron chi connectivity index (χ0n) is 15.6. The number of benzene rings is 1. The minimum Gasteiger partial charge on any atom is -0.484 e. The van der Waals surface area contributed by atoms with E-state index in [1.807, 2.05) is 19.1 Å². The Kier molecular flexibility index (Phi) is 6.80. The van der Waals surface area contributed by atoms with Crippen molar-refractivity contribution in [2.75, 3.05) is 19.7 Å². The number of hydrogen-bond acceptors (Lipinski definition) is 7. The molecule has 11 heteroatoms. The number of aryl methyl sites for hydroxylation is 1. The van der Waals surface area contributed by atoms with E-state index in [1.54, 1.807) is 18.3 Å². The molecule has 0 saturated heterocycles. The number of amides is 2. The van der Waals surface area contributed by atoms with Crippen LogP contribution in [0.5, 0.6) is 5.75 Å². The zero-order valence-corrected chi connectivity index (χ0v) is 16.3. The molecule has 3 rings (SSSR count). The van der Waals surface area contributed by atoms with E-state index in [9.17, 15) is 9.59 Å². The normalized spacial score (nSPS) is 10.6. The lowest BCUT2D eigenvalue weighted by Crippen LogP contribution is -2.36. The molecule has 2 N–H and O–H groups in total. The highest BCUT2D eigenvalue weighted by Crippen LogP contribution is 2.11. The number of hydrogen-bond donors (Lipinski definition) is 2. The van der Waals surface area contributed by atoms with E-state index in [2.05, 4.69) is 25.9 Å². The van der Waals surface area contributed by atoms with Crippen molar-refractivity contribution in [1.82, 2.24) is 30.6 Å². The lowest BCUT2D eigenvalue weighted by molar-refractivity contribution is -0.123. The number of halogens is 1. The number of nitrogens with zero attached hydrogens (tertiary/aromatic N) is 4. The minimum absolute atomic E-state index is 0.110. The van der Waals surface area contributed by atoms with Gasteiger partial charge in [0, 0.05) is 19.3 Å². The topological polar surface area (TPSA) is 124 Å². The fraction of sp³-hybridized carbons (Fsp3) is 0.278. The number of rotatable bonds is 9. The first kappa shape index (κ1) is 20.3. The minimum atomic E-state index is -0.535. The van der Waals surface area contributed by atoms with Crippen LogP contribution in [0.1, 0.15) is 22.1 Å². The Morgan fingerprint density at radius 2 is 1.97 bits per heavy atom. The van der Waals surface area contributed by atoms with Crippen molar-refractivity contribution >= 4 is 23.4 Å². The summed E-state index contributed by atoms with van der Waals surface area (Å²) in [7, 11) is 0. The Morgan fingerprint density at radius 3 is 2.69 bits per heavy atom. The van der Waals surface area contributed by atoms with E-state index in [0.29, 0.717) is 10.8 Å². The van der Waals surface area contributed by atoms with Crippen LogP contribution in [0.4, 0.5) is 0 Å². The van der Waals surface area contributed by atoms with Crippen molar-refractivity contribution in [1.29, 1.82) is 0 Å². The van der Waals surface area contributed by atoms with Gasteiger partial charge in [-0.15, -0.1) is 0 Å². The standard InChI is InChI=1S/C18H19ClN6O4/c1-12-2-4-14(5-3-12)28-11-16(26)20-6-7-21-17(27)18-23-15(24-29-18)10-25-9-13(19)8-22-25/h2-5,8-9H,6-7,10-11H2,1H3,(H,20,26)(H,21,27). The van der Waals surface area contributed by atoms with E-state index in [4.69, 9.17) is 20.9 Å². The fourth-order valence-corrected chi connectivity index (χ4v) is 2.42. The summed E-state index contributed by atoms with van der Waals surface area (Å²) in [5.74, 6) is -0.0995. The fourth-order valence-electron chi connectivity index (χ4n) is 2.27. The second-order valence-corrected chi connectivity index (χ2v) is 6.52. The molecule has 0 saturated carbocycles. The summed E-state index contributed by atoms with van der Waals surface area (Å²) in [6, 6.07) is 7.39. The quantitative estimate of drug-likeness (QED) is 0.500. The van der Waals surface area contributed by atoms with Gasteiger partial charge in [0.2, 0.25) is 0 Å². The highest BCUT2D eigenvalue weighted by molar-refractivity contribution is 6.30. The Balaban J connectivity index is 1.34. The molecule has 0 spiro atoms. The van der Waals surface area contributed by atoms with Crippen LogP contribution in [-0.2, 0) is 11.3 Å². The van der Waals surface area contributed by atoms with Gasteiger partial charge in [-0.2, -0.15) is 10.1 Å². The second kappa shape index (κ2) is 9.69. The second-order valence-electron chi connectivity index (χ2n) is 6.08. The molecule has 0 bridgehead atoms. The van der Waals surface area contributed by atoms with E-state index in [1.165, 1.54) is 10.9 Å². The lowest BCUT2D eigenvalue weighted by atomic mass is 10.2. The molecule has 0 aliphatic heterocycles. The lowest BCUT2D eigenvalue weighted by Gasteiger charge is -2.08. The monoisotopic (exact) mass is 418 g/mol. The largest absolute Gasteiger partial charge is 0.484 e. The van der Waals surface area contributed by atoms with Crippen LogP contribution in [0.15, 0.2) is 41.2 Å². The molecule has 0 aliphatic carbocycles. The van der Waals surface area contributed by atoms with Gasteiger partial charge in [0.1, 0.15) is 12.3 Å². The van der Waals surface area contributed by atoms with Gasteiger partial charge >= 0.3 is 11.8 Å². The first-order valence-corrected chi connectivity index (χ1v) is 9.12. The third kappa shape index (κ3) is 6.32. The SMILES string of the molecule is Cc1ccc(OCC(=O)NCCNC(=O)c2nc(Cn3cc(Cl)cn3)no2)cc1. The number of ether oxygens (including phenoxy) is 1. The van der Waals surface area contributed by atoms with E-state index in [0.717, 1.165) is 5.56 Å². The summed E-state index contributed by atoms with van der Waals surface area (Å²) < 4.78 is 11.8. The van der Waals surface area contributed by atoms with Gasteiger partial charge in [-0.05, 0) is 19.1 Å². The van der Waals surface area contributed by atoms with Crippen LogP contribution in [-0.4, -0.2) is 51.4 Å². The van der Waals surface area contributed by atoms with Crippen LogP contribution in [0.2, 0.25) is 5.02 Å². The summed E-state index contributed by atoms with van der Waals surface area (Å²) in [6.45, 7) is 2.51. The molecule has 0 fully saturated rings. The molecule has 0 atom stereocenters. The maximum Gasteiger partial charge on any atom is 0.316 e. The van der Waals surface area contributed by atoms with Crippen LogP contribution in [0, 0.1) is 6.92 Å². The molecule has 0 unspecified atom stereocenters. The Labute approximate surface area is 171 Å². The van der Waals surface area contributed by atoms with E-state index in [-0.39, 0.29) is 43.9 Å². The number of carbonyl (C=O) groups is 2. The first-order valence-electron chi connectivity index (χ1n) is 8.74. The van der Waals surface area contributed by atoms with Crippen molar-refractivity contribution in [2.45, 2.75) is 13.5 Å². The van der Waals surface area contributed by atoms with Gasteiger partial charge in [0.05, 0.1) is 11.2 Å². The van der Waals surface area contributed by atoms with Crippen molar-refractivity contribution in [3.8, 4) is 5.75 Å². The van der Waals surface area contributed by atoms with Gasteiger partial charge in [-0.3, -0.25) is 14.3 Å². The van der Waals surface area contributed by atoms with Crippen LogP contribution >= 0.6 is 11.6 Å². The molecule has 2 aromatic heterocycles. The number of aromatic nitrogens is 4. The maximum atomic E-state index is 12.0. The predicted octanol–water partition coefficient (Wildman–Crippen LogP) is 1.20. The third-order valence-electron chi connectivity index (χ3n) is 3.69. The molecule has 0 aliphatic rings. The zero-order chi connectivity index (χ0) is 20.6. The average molecular weight is 419 g/mol. The summed E-state index contributed by atoms with van der Waals surface area (Å²) in [6.07, 6.45) is 3.08. The Hall–Kier alpha value is -3.40. The van der Waals surface area contributed by atoms with Crippen LogP contribution < -0.4 is 15.4 Å². The molecular weight excluding hydrogens is 400 g/mol. The summed E-state index contributed by atoms with van der Waals surface area (Å²) in [5.41, 5.74) is 1.11. The molecule has 152 valence electrons. The van der Waals surface area contributed by atoms with Crippen molar-refractivity contribution in [3.63, 3.8) is 0 Å². The van der Waals surface area contributed by atoms with Crippen LogP contribution in [0.3, 0.4) is 0 Å².